The van der Waals surface area contributed by atoms with Crippen molar-refractivity contribution in [3.8, 4) is 11.5 Å². The number of morpholine rings is 1. The van der Waals surface area contributed by atoms with Crippen molar-refractivity contribution < 1.29 is 14.3 Å². The maximum absolute atomic E-state index is 12.2. The van der Waals surface area contributed by atoms with E-state index in [1.165, 1.54) is 0 Å². The number of pyridine rings is 1. The molecule has 25 heavy (non-hydrogen) atoms. The van der Waals surface area contributed by atoms with E-state index in [9.17, 15) is 4.79 Å². The third-order valence-corrected chi connectivity index (χ3v) is 3.87. The van der Waals surface area contributed by atoms with Gasteiger partial charge in [0.05, 0.1) is 24.9 Å². The zero-order chi connectivity index (χ0) is 17.6. The van der Waals surface area contributed by atoms with Crippen molar-refractivity contribution in [1.82, 2.24) is 9.88 Å². The normalized spacial score (nSPS) is 20.9. The summed E-state index contributed by atoms with van der Waals surface area (Å²) in [5.41, 5.74) is 0.748. The Morgan fingerprint density at radius 1 is 1.20 bits per heavy atom. The number of rotatable bonds is 5. The molecule has 1 aromatic carbocycles. The lowest BCUT2D eigenvalue weighted by atomic mass is 10.2. The van der Waals surface area contributed by atoms with Crippen LogP contribution < -0.4 is 10.1 Å². The fourth-order valence-corrected chi connectivity index (χ4v) is 2.97. The van der Waals surface area contributed by atoms with Gasteiger partial charge in [-0.2, -0.15) is 0 Å². The lowest BCUT2D eigenvalue weighted by Crippen LogP contribution is -2.48. The second kappa shape index (κ2) is 8.09. The lowest BCUT2D eigenvalue weighted by molar-refractivity contribution is -0.121. The first kappa shape index (κ1) is 17.4. The van der Waals surface area contributed by atoms with Crippen molar-refractivity contribution in [3.63, 3.8) is 0 Å². The largest absolute Gasteiger partial charge is 0.456 e. The molecular weight excluding hydrogens is 318 g/mol. The topological polar surface area (TPSA) is 63.7 Å². The molecule has 1 aromatic heterocycles. The van der Waals surface area contributed by atoms with E-state index in [0.29, 0.717) is 18.0 Å². The second-order valence-electron chi connectivity index (χ2n) is 6.31. The number of hydrogen-bond acceptors (Lipinski definition) is 5. The molecule has 0 bridgehead atoms. The van der Waals surface area contributed by atoms with E-state index in [1.807, 2.05) is 50.2 Å². The molecule has 2 atom stereocenters. The average Bonchev–Trinajstić information content (AvgIpc) is 2.56. The van der Waals surface area contributed by atoms with Gasteiger partial charge in [-0.05, 0) is 50.2 Å². The van der Waals surface area contributed by atoms with E-state index < -0.39 is 0 Å². The maximum Gasteiger partial charge on any atom is 0.238 e. The molecule has 0 saturated carbocycles. The Morgan fingerprint density at radius 3 is 2.56 bits per heavy atom. The number of hydrogen-bond donors (Lipinski definition) is 1. The number of nitrogens with zero attached hydrogens (tertiary/aromatic N) is 2. The highest BCUT2D eigenvalue weighted by atomic mass is 16.5. The smallest absolute Gasteiger partial charge is 0.238 e. The zero-order valence-electron chi connectivity index (χ0n) is 14.5. The van der Waals surface area contributed by atoms with Crippen LogP contribution in [0.15, 0.2) is 48.8 Å². The first-order valence-electron chi connectivity index (χ1n) is 8.44. The minimum Gasteiger partial charge on any atom is -0.456 e. The van der Waals surface area contributed by atoms with Gasteiger partial charge in [-0.25, -0.2) is 0 Å². The number of anilines is 1. The minimum absolute atomic E-state index is 0.0257. The van der Waals surface area contributed by atoms with Crippen LogP contribution in [0.2, 0.25) is 0 Å². The van der Waals surface area contributed by atoms with Gasteiger partial charge in [-0.3, -0.25) is 14.7 Å². The van der Waals surface area contributed by atoms with Gasteiger partial charge in [-0.15, -0.1) is 0 Å². The second-order valence-corrected chi connectivity index (χ2v) is 6.31. The predicted octanol–water partition coefficient (Wildman–Crippen LogP) is 2.92. The fraction of sp³-hybridized carbons (Fsp3) is 0.368. The zero-order valence-corrected chi connectivity index (χ0v) is 14.5. The number of carbonyl (C=O) groups is 1. The van der Waals surface area contributed by atoms with Crippen LogP contribution >= 0.6 is 0 Å². The summed E-state index contributed by atoms with van der Waals surface area (Å²) in [4.78, 5) is 18.4. The van der Waals surface area contributed by atoms with E-state index in [-0.39, 0.29) is 18.1 Å². The first-order valence-corrected chi connectivity index (χ1v) is 8.44. The third kappa shape index (κ3) is 5.27. The van der Waals surface area contributed by atoms with E-state index >= 15 is 0 Å². The molecule has 2 heterocycles. The van der Waals surface area contributed by atoms with Gasteiger partial charge >= 0.3 is 0 Å². The average molecular weight is 341 g/mol. The summed E-state index contributed by atoms with van der Waals surface area (Å²) in [7, 11) is 0. The first-order chi connectivity index (χ1) is 12.1. The van der Waals surface area contributed by atoms with Crippen molar-refractivity contribution in [2.24, 2.45) is 0 Å². The molecule has 6 nitrogen and oxygen atoms in total. The Morgan fingerprint density at radius 2 is 1.92 bits per heavy atom. The van der Waals surface area contributed by atoms with Crippen LogP contribution in [0.1, 0.15) is 13.8 Å². The summed E-state index contributed by atoms with van der Waals surface area (Å²) in [6.45, 7) is 5.97. The van der Waals surface area contributed by atoms with E-state index in [1.54, 1.807) is 12.4 Å². The standard InChI is InChI=1S/C19H23N3O3/c1-14-11-22(12-15(2)24-14)13-19(23)21-16-5-7-17(8-6-16)25-18-4-3-9-20-10-18/h3-10,14-15H,11-13H2,1-2H3,(H,21,23). The van der Waals surface area contributed by atoms with Crippen molar-refractivity contribution in [2.75, 3.05) is 25.0 Å². The van der Waals surface area contributed by atoms with Crippen molar-refractivity contribution in [1.29, 1.82) is 0 Å². The molecule has 1 amide bonds. The van der Waals surface area contributed by atoms with Gasteiger partial charge in [0.25, 0.3) is 0 Å². The van der Waals surface area contributed by atoms with E-state index in [4.69, 9.17) is 9.47 Å². The number of amides is 1. The Hall–Kier alpha value is -2.44. The highest BCUT2D eigenvalue weighted by Crippen LogP contribution is 2.22. The van der Waals surface area contributed by atoms with Gasteiger partial charge in [0.1, 0.15) is 11.5 Å². The van der Waals surface area contributed by atoms with Crippen molar-refractivity contribution in [2.45, 2.75) is 26.1 Å². The molecule has 0 radical (unpaired) electrons. The minimum atomic E-state index is -0.0257. The Kier molecular flexibility index (Phi) is 5.63. The molecule has 0 spiro atoms. The van der Waals surface area contributed by atoms with Gasteiger partial charge in [0.15, 0.2) is 0 Å². The predicted molar refractivity (Wildman–Crippen MR) is 95.8 cm³/mol. The quantitative estimate of drug-likeness (QED) is 0.906. The highest BCUT2D eigenvalue weighted by molar-refractivity contribution is 5.92. The van der Waals surface area contributed by atoms with Crippen LogP contribution in [-0.2, 0) is 9.53 Å². The molecule has 2 aromatic rings. The number of benzene rings is 1. The molecule has 1 aliphatic heterocycles. The molecule has 0 aliphatic carbocycles. The Labute approximate surface area is 147 Å². The number of aromatic nitrogens is 1. The van der Waals surface area contributed by atoms with Crippen molar-refractivity contribution in [3.05, 3.63) is 48.8 Å². The van der Waals surface area contributed by atoms with Gasteiger partial charge in [-0.1, -0.05) is 0 Å². The fourth-order valence-electron chi connectivity index (χ4n) is 2.97. The van der Waals surface area contributed by atoms with Crippen LogP contribution in [0.3, 0.4) is 0 Å². The van der Waals surface area contributed by atoms with Gasteiger partial charge < -0.3 is 14.8 Å². The van der Waals surface area contributed by atoms with Crippen molar-refractivity contribution >= 4 is 11.6 Å². The summed E-state index contributed by atoms with van der Waals surface area (Å²) in [5, 5.41) is 2.92. The molecular formula is C19H23N3O3. The molecule has 2 unspecified atom stereocenters. The SMILES string of the molecule is CC1CN(CC(=O)Nc2ccc(Oc3cccnc3)cc2)CC(C)O1. The summed E-state index contributed by atoms with van der Waals surface area (Å²) in [6, 6.07) is 11.0. The summed E-state index contributed by atoms with van der Waals surface area (Å²) < 4.78 is 11.4. The van der Waals surface area contributed by atoms with Crippen LogP contribution in [0.4, 0.5) is 5.69 Å². The third-order valence-electron chi connectivity index (χ3n) is 3.87. The van der Waals surface area contributed by atoms with Crippen LogP contribution in [0.5, 0.6) is 11.5 Å². The van der Waals surface area contributed by atoms with Gasteiger partial charge in [0, 0.05) is 25.0 Å². The summed E-state index contributed by atoms with van der Waals surface area (Å²) in [6.07, 6.45) is 3.66. The van der Waals surface area contributed by atoms with Gasteiger partial charge in [0.2, 0.25) is 5.91 Å². The van der Waals surface area contributed by atoms with Crippen LogP contribution in [0, 0.1) is 0 Å². The Bertz CT molecular complexity index is 681. The molecule has 6 heteroatoms. The Balaban J connectivity index is 1.51. The molecule has 132 valence electrons. The monoisotopic (exact) mass is 341 g/mol. The van der Waals surface area contributed by atoms with Crippen LogP contribution in [0.25, 0.3) is 0 Å². The maximum atomic E-state index is 12.2. The molecule has 3 rings (SSSR count). The summed E-state index contributed by atoms with van der Waals surface area (Å²) in [5.74, 6) is 1.35. The molecule has 1 saturated heterocycles. The number of carbonyl (C=O) groups excluding carboxylic acids is 1. The molecule has 1 fully saturated rings. The number of ether oxygens (including phenoxy) is 2. The highest BCUT2D eigenvalue weighted by Gasteiger charge is 2.23. The van der Waals surface area contributed by atoms with E-state index in [0.717, 1.165) is 18.8 Å². The molecule has 1 aliphatic rings. The molecule has 1 N–H and O–H groups in total. The summed E-state index contributed by atoms with van der Waals surface area (Å²) >= 11 is 0. The lowest BCUT2D eigenvalue weighted by Gasteiger charge is -2.34. The van der Waals surface area contributed by atoms with Crippen LogP contribution in [-0.4, -0.2) is 47.6 Å². The number of nitrogens with one attached hydrogen (secondary N) is 1. The van der Waals surface area contributed by atoms with E-state index in [2.05, 4.69) is 15.2 Å².